The van der Waals surface area contributed by atoms with Crippen molar-refractivity contribution in [1.82, 2.24) is 20.4 Å². The maximum atomic E-state index is 13.3. The number of hydrogen-bond donors (Lipinski definition) is 1. The molecule has 1 fully saturated rings. The minimum Gasteiger partial charge on any atom is -0.348 e. The van der Waals surface area contributed by atoms with Gasteiger partial charge in [0.25, 0.3) is 0 Å². The molecule has 1 atom stereocenters. The SMILES string of the molecule is CCc1nnc(CNC(=O)[C@@H](c2ccc(F)cc2)N2CCCCC2)s1. The lowest BCUT2D eigenvalue weighted by molar-refractivity contribution is -0.127. The minimum atomic E-state index is -0.389. The summed E-state index contributed by atoms with van der Waals surface area (Å²) in [4.78, 5) is 15.1. The lowest BCUT2D eigenvalue weighted by Gasteiger charge is -2.33. The van der Waals surface area contributed by atoms with Crippen LogP contribution in [0, 0.1) is 5.82 Å². The summed E-state index contributed by atoms with van der Waals surface area (Å²) in [6.45, 7) is 4.17. The third kappa shape index (κ3) is 4.61. The van der Waals surface area contributed by atoms with E-state index in [9.17, 15) is 9.18 Å². The van der Waals surface area contributed by atoms with E-state index in [2.05, 4.69) is 20.4 Å². The van der Waals surface area contributed by atoms with Gasteiger partial charge >= 0.3 is 0 Å². The molecule has 5 nitrogen and oxygen atoms in total. The Morgan fingerprint density at radius 3 is 2.52 bits per heavy atom. The van der Waals surface area contributed by atoms with E-state index in [1.165, 1.54) is 29.9 Å². The number of amides is 1. The van der Waals surface area contributed by atoms with E-state index in [-0.39, 0.29) is 17.8 Å². The molecule has 25 heavy (non-hydrogen) atoms. The molecule has 1 aromatic heterocycles. The van der Waals surface area contributed by atoms with Gasteiger partial charge in [0.15, 0.2) is 0 Å². The van der Waals surface area contributed by atoms with Crippen molar-refractivity contribution < 1.29 is 9.18 Å². The van der Waals surface area contributed by atoms with Gasteiger partial charge in [-0.2, -0.15) is 0 Å². The summed E-state index contributed by atoms with van der Waals surface area (Å²) in [5.74, 6) is -0.357. The number of carbonyl (C=O) groups excluding carboxylic acids is 1. The standard InChI is InChI=1S/C18H23FN4OS/c1-2-15-21-22-16(25-15)12-20-18(24)17(23-10-4-3-5-11-23)13-6-8-14(19)9-7-13/h6-9,17H,2-5,10-12H2,1H3,(H,20,24)/t17-/m1/s1. The Kier molecular flexibility index (Phi) is 6.09. The lowest BCUT2D eigenvalue weighted by atomic mass is 10.0. The van der Waals surface area contributed by atoms with Crippen molar-refractivity contribution in [2.75, 3.05) is 13.1 Å². The second-order valence-corrected chi connectivity index (χ2v) is 7.36. The summed E-state index contributed by atoms with van der Waals surface area (Å²) >= 11 is 1.52. The highest BCUT2D eigenvalue weighted by Gasteiger charge is 2.28. The summed E-state index contributed by atoms with van der Waals surface area (Å²) in [5, 5.41) is 12.9. The van der Waals surface area contributed by atoms with Crippen LogP contribution in [-0.2, 0) is 17.8 Å². The first-order chi connectivity index (χ1) is 12.2. The molecular formula is C18H23FN4OS. The monoisotopic (exact) mass is 362 g/mol. The van der Waals surface area contributed by atoms with Gasteiger partial charge in [-0.15, -0.1) is 10.2 Å². The smallest absolute Gasteiger partial charge is 0.242 e. The van der Waals surface area contributed by atoms with Crippen LogP contribution < -0.4 is 5.32 Å². The van der Waals surface area contributed by atoms with E-state index in [4.69, 9.17) is 0 Å². The molecule has 0 bridgehead atoms. The molecule has 2 heterocycles. The summed E-state index contributed by atoms with van der Waals surface area (Å²) < 4.78 is 13.3. The van der Waals surface area contributed by atoms with Crippen LogP contribution in [0.15, 0.2) is 24.3 Å². The number of likely N-dealkylation sites (tertiary alicyclic amines) is 1. The number of carbonyl (C=O) groups is 1. The van der Waals surface area contributed by atoms with Gasteiger partial charge in [-0.25, -0.2) is 4.39 Å². The zero-order valence-electron chi connectivity index (χ0n) is 14.4. The summed E-state index contributed by atoms with van der Waals surface area (Å²) in [6.07, 6.45) is 4.21. The van der Waals surface area contributed by atoms with Crippen LogP contribution in [0.5, 0.6) is 0 Å². The fourth-order valence-corrected chi connectivity index (χ4v) is 3.84. The number of aromatic nitrogens is 2. The molecule has 0 aliphatic carbocycles. The second-order valence-electron chi connectivity index (χ2n) is 6.21. The van der Waals surface area contributed by atoms with Crippen LogP contribution >= 0.6 is 11.3 Å². The van der Waals surface area contributed by atoms with Crippen LogP contribution in [0.2, 0.25) is 0 Å². The first kappa shape index (κ1) is 17.9. The Bertz CT molecular complexity index is 697. The van der Waals surface area contributed by atoms with Crippen LogP contribution in [0.1, 0.15) is 47.8 Å². The van der Waals surface area contributed by atoms with Crippen molar-refractivity contribution in [1.29, 1.82) is 0 Å². The molecule has 1 aromatic carbocycles. The van der Waals surface area contributed by atoms with Crippen LogP contribution in [0.3, 0.4) is 0 Å². The zero-order chi connectivity index (χ0) is 17.6. The van der Waals surface area contributed by atoms with E-state index in [0.717, 1.165) is 47.9 Å². The normalized spacial score (nSPS) is 16.6. The number of piperidine rings is 1. The maximum Gasteiger partial charge on any atom is 0.242 e. The van der Waals surface area contributed by atoms with Gasteiger partial charge < -0.3 is 5.32 Å². The van der Waals surface area contributed by atoms with Crippen molar-refractivity contribution in [3.8, 4) is 0 Å². The molecule has 1 aliphatic heterocycles. The summed E-state index contributed by atoms with van der Waals surface area (Å²) in [7, 11) is 0. The lowest BCUT2D eigenvalue weighted by Crippen LogP contribution is -2.42. The van der Waals surface area contributed by atoms with Crippen molar-refractivity contribution >= 4 is 17.2 Å². The molecule has 0 saturated carbocycles. The quantitative estimate of drug-likeness (QED) is 0.858. The number of rotatable bonds is 6. The largest absolute Gasteiger partial charge is 0.348 e. The number of nitrogens with one attached hydrogen (secondary N) is 1. The van der Waals surface area contributed by atoms with E-state index in [1.807, 2.05) is 6.92 Å². The number of hydrogen-bond acceptors (Lipinski definition) is 5. The van der Waals surface area contributed by atoms with E-state index < -0.39 is 0 Å². The van der Waals surface area contributed by atoms with Crippen LogP contribution in [-0.4, -0.2) is 34.1 Å². The molecule has 0 spiro atoms. The van der Waals surface area contributed by atoms with Gasteiger partial charge in [0.1, 0.15) is 21.9 Å². The zero-order valence-corrected chi connectivity index (χ0v) is 15.2. The van der Waals surface area contributed by atoms with Crippen molar-refractivity contribution in [2.45, 2.75) is 45.2 Å². The average molecular weight is 362 g/mol. The molecule has 1 amide bonds. The van der Waals surface area contributed by atoms with Gasteiger partial charge in [-0.3, -0.25) is 9.69 Å². The van der Waals surface area contributed by atoms with Crippen molar-refractivity contribution in [3.63, 3.8) is 0 Å². The van der Waals surface area contributed by atoms with E-state index in [1.54, 1.807) is 12.1 Å². The Labute approximate surface area is 151 Å². The van der Waals surface area contributed by atoms with Gasteiger partial charge in [-0.05, 0) is 50.0 Å². The Hall–Kier alpha value is -1.86. The Balaban J connectivity index is 1.72. The molecule has 2 aromatic rings. The fourth-order valence-electron chi connectivity index (χ4n) is 3.11. The summed E-state index contributed by atoms with van der Waals surface area (Å²) in [5.41, 5.74) is 0.826. The fraction of sp³-hybridized carbons (Fsp3) is 0.500. The van der Waals surface area contributed by atoms with Crippen LogP contribution in [0.4, 0.5) is 4.39 Å². The van der Waals surface area contributed by atoms with Gasteiger partial charge in [0.2, 0.25) is 5.91 Å². The van der Waals surface area contributed by atoms with Crippen molar-refractivity contribution in [3.05, 3.63) is 45.7 Å². The first-order valence-corrected chi connectivity index (χ1v) is 9.57. The van der Waals surface area contributed by atoms with Gasteiger partial charge in [0.05, 0.1) is 6.54 Å². The highest BCUT2D eigenvalue weighted by atomic mass is 32.1. The van der Waals surface area contributed by atoms with Gasteiger partial charge in [-0.1, -0.05) is 36.8 Å². The molecule has 134 valence electrons. The molecule has 0 unspecified atom stereocenters. The Morgan fingerprint density at radius 1 is 1.20 bits per heavy atom. The second kappa shape index (κ2) is 8.49. The molecular weight excluding hydrogens is 339 g/mol. The van der Waals surface area contributed by atoms with E-state index >= 15 is 0 Å². The topological polar surface area (TPSA) is 58.1 Å². The minimum absolute atomic E-state index is 0.0678. The molecule has 7 heteroatoms. The molecule has 1 saturated heterocycles. The predicted octanol–water partition coefficient (Wildman–Crippen LogP) is 3.08. The molecule has 1 N–H and O–H groups in total. The van der Waals surface area contributed by atoms with Gasteiger partial charge in [0, 0.05) is 0 Å². The third-order valence-corrected chi connectivity index (χ3v) is 5.48. The van der Waals surface area contributed by atoms with Crippen LogP contribution in [0.25, 0.3) is 0 Å². The average Bonchev–Trinajstić information content (AvgIpc) is 3.11. The molecule has 0 radical (unpaired) electrons. The maximum absolute atomic E-state index is 13.3. The molecule has 3 rings (SSSR count). The Morgan fingerprint density at radius 2 is 1.88 bits per heavy atom. The van der Waals surface area contributed by atoms with Crippen molar-refractivity contribution in [2.24, 2.45) is 0 Å². The number of nitrogens with zero attached hydrogens (tertiary/aromatic N) is 3. The van der Waals surface area contributed by atoms with E-state index in [0.29, 0.717) is 6.54 Å². The molecule has 1 aliphatic rings. The highest BCUT2D eigenvalue weighted by molar-refractivity contribution is 7.11. The predicted molar refractivity (Wildman–Crippen MR) is 95.7 cm³/mol. The first-order valence-electron chi connectivity index (χ1n) is 8.76. The highest BCUT2D eigenvalue weighted by Crippen LogP contribution is 2.25. The summed E-state index contributed by atoms with van der Waals surface area (Å²) in [6, 6.07) is 5.85. The number of halogens is 1. The number of benzene rings is 1. The third-order valence-electron chi connectivity index (χ3n) is 4.41. The number of aryl methyl sites for hydroxylation is 1.